The van der Waals surface area contributed by atoms with Crippen molar-refractivity contribution in [2.45, 2.75) is 24.7 Å². The zero-order chi connectivity index (χ0) is 23.5. The van der Waals surface area contributed by atoms with Gasteiger partial charge in [-0.15, -0.1) is 0 Å². The fraction of sp³-hybridized carbons (Fsp3) is 0.435. The first-order chi connectivity index (χ1) is 15.1. The van der Waals surface area contributed by atoms with E-state index in [2.05, 4.69) is 11.8 Å². The van der Waals surface area contributed by atoms with Crippen molar-refractivity contribution < 1.29 is 17.9 Å². The number of hydrogen-bond acceptors (Lipinski definition) is 5. The standard InChI is InChI=1S/C23H30ClN3O4S/c1-17-5-7-19(24)16-21(17)26-11-13-27(14-12-26)23(28)10-6-18-15-20(8-9-22(18)31-4)32(29,30)25(2)3/h5,7-9,15-16H,6,10-14H2,1-4H3. The molecule has 0 spiro atoms. The lowest BCUT2D eigenvalue weighted by atomic mass is 10.1. The number of carbonyl (C=O) groups excluding carboxylic acids is 1. The number of amides is 1. The number of piperazine rings is 1. The maximum Gasteiger partial charge on any atom is 0.242 e. The number of aryl methyl sites for hydroxylation is 2. The number of anilines is 1. The van der Waals surface area contributed by atoms with Crippen molar-refractivity contribution in [3.63, 3.8) is 0 Å². The third-order valence-corrected chi connectivity index (χ3v) is 7.83. The summed E-state index contributed by atoms with van der Waals surface area (Å²) in [6, 6.07) is 10.6. The van der Waals surface area contributed by atoms with Gasteiger partial charge >= 0.3 is 0 Å². The number of halogens is 1. The van der Waals surface area contributed by atoms with Crippen molar-refractivity contribution in [2.75, 3.05) is 52.3 Å². The third-order valence-electron chi connectivity index (χ3n) is 5.78. The largest absolute Gasteiger partial charge is 0.496 e. The Morgan fingerprint density at radius 2 is 1.78 bits per heavy atom. The number of sulfonamides is 1. The van der Waals surface area contributed by atoms with Gasteiger partial charge in [-0.1, -0.05) is 17.7 Å². The molecule has 0 aliphatic carbocycles. The molecule has 1 saturated heterocycles. The van der Waals surface area contributed by atoms with Crippen LogP contribution in [0.15, 0.2) is 41.3 Å². The van der Waals surface area contributed by atoms with Crippen molar-refractivity contribution in [2.24, 2.45) is 0 Å². The maximum atomic E-state index is 12.8. The van der Waals surface area contributed by atoms with Crippen LogP contribution in [-0.2, 0) is 21.2 Å². The van der Waals surface area contributed by atoms with Crippen LogP contribution in [0.2, 0.25) is 5.02 Å². The molecule has 0 unspecified atom stereocenters. The highest BCUT2D eigenvalue weighted by Crippen LogP contribution is 2.27. The normalized spacial score (nSPS) is 14.7. The molecule has 2 aromatic carbocycles. The highest BCUT2D eigenvalue weighted by atomic mass is 35.5. The fourth-order valence-corrected chi connectivity index (χ4v) is 4.96. The van der Waals surface area contributed by atoms with Crippen molar-refractivity contribution in [1.82, 2.24) is 9.21 Å². The van der Waals surface area contributed by atoms with Crippen molar-refractivity contribution in [3.8, 4) is 5.75 Å². The quantitative estimate of drug-likeness (QED) is 0.610. The molecule has 1 aliphatic rings. The minimum atomic E-state index is -3.56. The van der Waals surface area contributed by atoms with Crippen molar-refractivity contribution in [1.29, 1.82) is 0 Å². The van der Waals surface area contributed by atoms with Crippen LogP contribution in [0.1, 0.15) is 17.5 Å². The molecule has 0 N–H and O–H groups in total. The lowest BCUT2D eigenvalue weighted by Crippen LogP contribution is -2.49. The monoisotopic (exact) mass is 479 g/mol. The second-order valence-electron chi connectivity index (χ2n) is 8.06. The van der Waals surface area contributed by atoms with Gasteiger partial charge < -0.3 is 14.5 Å². The summed E-state index contributed by atoms with van der Waals surface area (Å²) < 4.78 is 31.5. The van der Waals surface area contributed by atoms with Crippen LogP contribution in [0.5, 0.6) is 5.75 Å². The van der Waals surface area contributed by atoms with Crippen molar-refractivity contribution >= 4 is 33.2 Å². The van der Waals surface area contributed by atoms with Gasteiger partial charge in [-0.2, -0.15) is 0 Å². The Bertz CT molecular complexity index is 1080. The summed E-state index contributed by atoms with van der Waals surface area (Å²) in [5, 5.41) is 0.705. The molecule has 1 fully saturated rings. The molecule has 3 rings (SSSR count). The Labute approximate surface area is 195 Å². The van der Waals surface area contributed by atoms with E-state index in [1.54, 1.807) is 12.1 Å². The highest BCUT2D eigenvalue weighted by Gasteiger charge is 2.23. The molecule has 9 heteroatoms. The van der Waals surface area contributed by atoms with Gasteiger partial charge in [0.2, 0.25) is 15.9 Å². The molecule has 174 valence electrons. The average Bonchev–Trinajstić information content (AvgIpc) is 2.78. The van der Waals surface area contributed by atoms with Gasteiger partial charge in [0.1, 0.15) is 5.75 Å². The topological polar surface area (TPSA) is 70.2 Å². The lowest BCUT2D eigenvalue weighted by molar-refractivity contribution is -0.131. The first kappa shape index (κ1) is 24.4. The van der Waals surface area contributed by atoms with E-state index in [0.29, 0.717) is 35.8 Å². The minimum Gasteiger partial charge on any atom is -0.496 e. The number of hydrogen-bond donors (Lipinski definition) is 0. The second-order valence-corrected chi connectivity index (χ2v) is 10.6. The van der Waals surface area contributed by atoms with E-state index in [0.717, 1.165) is 24.3 Å². The SMILES string of the molecule is COc1ccc(S(=O)(=O)N(C)C)cc1CCC(=O)N1CCN(c2cc(Cl)ccc2C)CC1. The van der Waals surface area contributed by atoms with Crippen LogP contribution in [-0.4, -0.2) is 70.9 Å². The van der Waals surface area contributed by atoms with Crippen LogP contribution in [0, 0.1) is 6.92 Å². The smallest absolute Gasteiger partial charge is 0.242 e. The van der Waals surface area contributed by atoms with Crippen LogP contribution in [0.4, 0.5) is 5.69 Å². The first-order valence-electron chi connectivity index (χ1n) is 10.5. The molecule has 1 heterocycles. The molecule has 0 saturated carbocycles. The Hall–Kier alpha value is -2.29. The number of rotatable bonds is 7. The van der Waals surface area contributed by atoms with Gasteiger partial charge in [-0.25, -0.2) is 12.7 Å². The van der Waals surface area contributed by atoms with Crippen LogP contribution in [0.3, 0.4) is 0 Å². The molecular formula is C23H30ClN3O4S. The number of carbonyl (C=O) groups is 1. The molecule has 1 amide bonds. The molecule has 0 bridgehead atoms. The van der Waals surface area contributed by atoms with E-state index < -0.39 is 10.0 Å². The van der Waals surface area contributed by atoms with E-state index in [4.69, 9.17) is 16.3 Å². The van der Waals surface area contributed by atoms with Gasteiger partial charge in [-0.3, -0.25) is 4.79 Å². The second kappa shape index (κ2) is 10.1. The fourth-order valence-electron chi connectivity index (χ4n) is 3.84. The highest BCUT2D eigenvalue weighted by molar-refractivity contribution is 7.89. The average molecular weight is 480 g/mol. The molecule has 0 aromatic heterocycles. The van der Waals surface area contributed by atoms with Gasteiger partial charge in [0.05, 0.1) is 12.0 Å². The molecular weight excluding hydrogens is 450 g/mol. The van der Waals surface area contributed by atoms with Crippen molar-refractivity contribution in [3.05, 3.63) is 52.5 Å². The summed E-state index contributed by atoms with van der Waals surface area (Å²) >= 11 is 6.15. The van der Waals surface area contributed by atoms with Crippen LogP contribution in [0.25, 0.3) is 0 Å². The lowest BCUT2D eigenvalue weighted by Gasteiger charge is -2.37. The van der Waals surface area contributed by atoms with Crippen LogP contribution < -0.4 is 9.64 Å². The molecule has 0 atom stereocenters. The van der Waals surface area contributed by atoms with E-state index in [1.807, 2.05) is 23.1 Å². The Morgan fingerprint density at radius 3 is 2.41 bits per heavy atom. The Balaban J connectivity index is 1.63. The molecule has 2 aromatic rings. The zero-order valence-electron chi connectivity index (χ0n) is 19.0. The summed E-state index contributed by atoms with van der Waals surface area (Å²) in [5.74, 6) is 0.632. The minimum absolute atomic E-state index is 0.0513. The Morgan fingerprint density at radius 1 is 1.09 bits per heavy atom. The summed E-state index contributed by atoms with van der Waals surface area (Å²) in [5.41, 5.74) is 2.97. The van der Waals surface area contributed by atoms with Gasteiger partial charge in [-0.05, 0) is 54.8 Å². The third kappa shape index (κ3) is 5.36. The number of nitrogens with zero attached hydrogens (tertiary/aromatic N) is 3. The van der Waals surface area contributed by atoms with Gasteiger partial charge in [0.15, 0.2) is 0 Å². The number of benzene rings is 2. The Kier molecular flexibility index (Phi) is 7.69. The van der Waals surface area contributed by atoms with Gasteiger partial charge in [0, 0.05) is 57.4 Å². The molecule has 0 radical (unpaired) electrons. The van der Waals surface area contributed by atoms with E-state index in [9.17, 15) is 13.2 Å². The predicted molar refractivity (Wildman–Crippen MR) is 127 cm³/mol. The zero-order valence-corrected chi connectivity index (χ0v) is 20.5. The van der Waals surface area contributed by atoms with E-state index in [1.165, 1.54) is 31.6 Å². The molecule has 1 aliphatic heterocycles. The summed E-state index contributed by atoms with van der Waals surface area (Å²) in [7, 11) is 0.971. The maximum absolute atomic E-state index is 12.8. The summed E-state index contributed by atoms with van der Waals surface area (Å²) in [6.45, 7) is 4.81. The van der Waals surface area contributed by atoms with Crippen LogP contribution >= 0.6 is 11.6 Å². The molecule has 7 nitrogen and oxygen atoms in total. The number of ether oxygens (including phenoxy) is 1. The van der Waals surface area contributed by atoms with E-state index in [-0.39, 0.29) is 17.2 Å². The summed E-state index contributed by atoms with van der Waals surface area (Å²) in [4.78, 5) is 17.2. The predicted octanol–water partition coefficient (Wildman–Crippen LogP) is 3.19. The number of methoxy groups -OCH3 is 1. The van der Waals surface area contributed by atoms with E-state index >= 15 is 0 Å². The molecule has 32 heavy (non-hydrogen) atoms. The van der Waals surface area contributed by atoms with Gasteiger partial charge in [0.25, 0.3) is 0 Å². The first-order valence-corrected chi connectivity index (χ1v) is 12.3. The summed E-state index contributed by atoms with van der Waals surface area (Å²) in [6.07, 6.45) is 0.699.